The highest BCUT2D eigenvalue weighted by Crippen LogP contribution is 2.43. The fourth-order valence-electron chi connectivity index (χ4n) is 8.47. The highest BCUT2D eigenvalue weighted by Gasteiger charge is 2.20. The third kappa shape index (κ3) is 5.25. The number of nitrogens with zero attached hydrogens (tertiary/aromatic N) is 3. The van der Waals surface area contributed by atoms with Crippen molar-refractivity contribution in [1.82, 2.24) is 15.0 Å². The lowest BCUT2D eigenvalue weighted by molar-refractivity contribution is 0.669. The van der Waals surface area contributed by atoms with E-state index >= 15 is 0 Å². The van der Waals surface area contributed by atoms with Crippen molar-refractivity contribution < 1.29 is 4.42 Å². The SMILES string of the molecule is c1ccc(-c2nc(-c3ccc(-c4nc5c6ccccc6ccc5c5c4oc4ccccc45)cc3)cc(-c3ccc(-c4cccc5c4sc4ccccc45)cc3)n2)cc1. The van der Waals surface area contributed by atoms with E-state index in [1.54, 1.807) is 0 Å². The van der Waals surface area contributed by atoms with Crippen molar-refractivity contribution in [1.29, 1.82) is 0 Å². The number of benzene rings is 8. The standard InChI is InChI=1S/C53H31N3OS/c1-2-12-37(13-3-1)53-54-44(34-23-21-33(22-24-34)39-17-10-18-41-40-15-7-9-20-47(40)58-52(39)41)31-45(55-53)35-25-27-36(28-26-35)49-51-48(42-16-6-8-19-46(42)57-51)43-30-29-32-11-4-5-14-38(32)50(43)56-49/h1-31H. The summed E-state index contributed by atoms with van der Waals surface area (Å²) in [6.45, 7) is 0. The predicted molar refractivity (Wildman–Crippen MR) is 242 cm³/mol. The molecule has 5 heteroatoms. The molecule has 12 rings (SSSR count). The van der Waals surface area contributed by atoms with E-state index in [0.29, 0.717) is 5.82 Å². The third-order valence-electron chi connectivity index (χ3n) is 11.3. The molecular formula is C53H31N3OS. The Balaban J connectivity index is 0.969. The summed E-state index contributed by atoms with van der Waals surface area (Å²) in [5, 5.41) is 8.15. The number of aromatic nitrogens is 3. The van der Waals surface area contributed by atoms with Gasteiger partial charge in [0.2, 0.25) is 0 Å². The zero-order chi connectivity index (χ0) is 38.2. The molecule has 0 aliphatic carbocycles. The van der Waals surface area contributed by atoms with Gasteiger partial charge >= 0.3 is 0 Å². The highest BCUT2D eigenvalue weighted by atomic mass is 32.1. The normalized spacial score (nSPS) is 11.8. The van der Waals surface area contributed by atoms with Crippen LogP contribution in [0, 0.1) is 0 Å². The van der Waals surface area contributed by atoms with E-state index in [9.17, 15) is 0 Å². The average molecular weight is 758 g/mol. The first-order valence-electron chi connectivity index (χ1n) is 19.4. The van der Waals surface area contributed by atoms with Gasteiger partial charge in [-0.1, -0.05) is 170 Å². The first-order valence-corrected chi connectivity index (χ1v) is 20.2. The zero-order valence-electron chi connectivity index (χ0n) is 31.1. The van der Waals surface area contributed by atoms with Crippen LogP contribution in [0.2, 0.25) is 0 Å². The van der Waals surface area contributed by atoms with E-state index in [2.05, 4.69) is 158 Å². The van der Waals surface area contributed by atoms with Crippen molar-refractivity contribution in [3.63, 3.8) is 0 Å². The summed E-state index contributed by atoms with van der Waals surface area (Å²) in [7, 11) is 0. The topological polar surface area (TPSA) is 51.8 Å². The maximum atomic E-state index is 6.59. The van der Waals surface area contributed by atoms with Crippen LogP contribution in [0.15, 0.2) is 192 Å². The van der Waals surface area contributed by atoms with E-state index in [1.165, 1.54) is 31.3 Å². The summed E-state index contributed by atoms with van der Waals surface area (Å²) >= 11 is 1.85. The molecule has 0 aliphatic rings. The molecule has 0 radical (unpaired) electrons. The number of para-hydroxylation sites is 1. The molecule has 0 aliphatic heterocycles. The lowest BCUT2D eigenvalue weighted by Gasteiger charge is -2.11. The van der Waals surface area contributed by atoms with Crippen LogP contribution in [0.25, 0.3) is 120 Å². The second-order valence-electron chi connectivity index (χ2n) is 14.7. The molecule has 0 amide bonds. The molecule has 8 aromatic carbocycles. The minimum atomic E-state index is 0.684. The highest BCUT2D eigenvalue weighted by molar-refractivity contribution is 7.26. The van der Waals surface area contributed by atoms with Crippen LogP contribution < -0.4 is 0 Å². The lowest BCUT2D eigenvalue weighted by atomic mass is 9.98. The van der Waals surface area contributed by atoms with Crippen LogP contribution >= 0.6 is 11.3 Å². The number of hydrogen-bond donors (Lipinski definition) is 0. The Morgan fingerprint density at radius 3 is 1.84 bits per heavy atom. The smallest absolute Gasteiger partial charge is 0.162 e. The van der Waals surface area contributed by atoms with Crippen LogP contribution in [0.5, 0.6) is 0 Å². The number of pyridine rings is 1. The van der Waals surface area contributed by atoms with Gasteiger partial charge in [-0.2, -0.15) is 0 Å². The lowest BCUT2D eigenvalue weighted by Crippen LogP contribution is -1.96. The van der Waals surface area contributed by atoms with Gasteiger partial charge in [-0.15, -0.1) is 11.3 Å². The van der Waals surface area contributed by atoms with Crippen LogP contribution in [-0.2, 0) is 0 Å². The van der Waals surface area contributed by atoms with Gasteiger partial charge in [-0.25, -0.2) is 15.0 Å². The van der Waals surface area contributed by atoms with Gasteiger partial charge in [0.15, 0.2) is 11.4 Å². The van der Waals surface area contributed by atoms with Crippen molar-refractivity contribution >= 4 is 75.1 Å². The Morgan fingerprint density at radius 1 is 0.414 bits per heavy atom. The predicted octanol–water partition coefficient (Wildman–Crippen LogP) is 14.8. The van der Waals surface area contributed by atoms with Crippen molar-refractivity contribution in [2.45, 2.75) is 0 Å². The molecule has 0 saturated heterocycles. The fourth-order valence-corrected chi connectivity index (χ4v) is 9.71. The Bertz CT molecular complexity index is 3550. The summed E-state index contributed by atoms with van der Waals surface area (Å²) in [6, 6.07) is 66.0. The van der Waals surface area contributed by atoms with Crippen LogP contribution in [0.4, 0.5) is 0 Å². The molecule has 4 nitrogen and oxygen atoms in total. The van der Waals surface area contributed by atoms with Crippen LogP contribution in [0.3, 0.4) is 0 Å². The van der Waals surface area contributed by atoms with Crippen molar-refractivity contribution in [3.05, 3.63) is 188 Å². The molecule has 58 heavy (non-hydrogen) atoms. The molecule has 4 aromatic heterocycles. The first kappa shape index (κ1) is 32.7. The molecule has 0 saturated carbocycles. The maximum Gasteiger partial charge on any atom is 0.162 e. The Hall–Kier alpha value is -7.47. The number of fused-ring (bicyclic) bond motifs is 10. The Kier molecular flexibility index (Phi) is 7.37. The van der Waals surface area contributed by atoms with Gasteiger partial charge in [-0.3, -0.25) is 0 Å². The molecule has 0 bridgehead atoms. The number of rotatable bonds is 5. The monoisotopic (exact) mass is 757 g/mol. The van der Waals surface area contributed by atoms with Gasteiger partial charge in [0.1, 0.15) is 11.3 Å². The molecule has 4 heterocycles. The van der Waals surface area contributed by atoms with Crippen molar-refractivity contribution in [3.8, 4) is 56.3 Å². The van der Waals surface area contributed by atoms with Gasteiger partial charge in [0.05, 0.1) is 16.9 Å². The van der Waals surface area contributed by atoms with Crippen molar-refractivity contribution in [2.75, 3.05) is 0 Å². The summed E-state index contributed by atoms with van der Waals surface area (Å²) in [4.78, 5) is 15.6. The molecular weight excluding hydrogens is 727 g/mol. The average Bonchev–Trinajstić information content (AvgIpc) is 3.88. The molecule has 12 aromatic rings. The summed E-state index contributed by atoms with van der Waals surface area (Å²) < 4.78 is 9.21. The second kappa shape index (κ2) is 13.1. The van der Waals surface area contributed by atoms with Crippen molar-refractivity contribution in [2.24, 2.45) is 0 Å². The van der Waals surface area contributed by atoms with E-state index < -0.39 is 0 Å². The zero-order valence-corrected chi connectivity index (χ0v) is 31.9. The van der Waals surface area contributed by atoms with Gasteiger partial charge in [0.25, 0.3) is 0 Å². The van der Waals surface area contributed by atoms with Crippen LogP contribution in [0.1, 0.15) is 0 Å². The molecule has 0 atom stereocenters. The minimum Gasteiger partial charge on any atom is -0.454 e. The molecule has 0 N–H and O–H groups in total. The van der Waals surface area contributed by atoms with E-state index in [1.807, 2.05) is 41.7 Å². The summed E-state index contributed by atoms with van der Waals surface area (Å²) in [5.41, 5.74) is 11.5. The fraction of sp³-hybridized carbons (Fsp3) is 0. The minimum absolute atomic E-state index is 0.684. The van der Waals surface area contributed by atoms with E-state index in [-0.39, 0.29) is 0 Å². The molecule has 0 spiro atoms. The number of furan rings is 1. The third-order valence-corrected chi connectivity index (χ3v) is 12.5. The molecule has 0 fully saturated rings. The van der Waals surface area contributed by atoms with Gasteiger partial charge < -0.3 is 4.42 Å². The first-order chi connectivity index (χ1) is 28.7. The Morgan fingerprint density at radius 2 is 1.05 bits per heavy atom. The quantitative estimate of drug-likeness (QED) is 0.164. The van der Waals surface area contributed by atoms with E-state index in [0.717, 1.165) is 82.9 Å². The maximum absolute atomic E-state index is 6.59. The molecule has 270 valence electrons. The molecule has 0 unspecified atom stereocenters. The largest absolute Gasteiger partial charge is 0.454 e. The van der Waals surface area contributed by atoms with Gasteiger partial charge in [-0.05, 0) is 34.7 Å². The number of hydrogen-bond acceptors (Lipinski definition) is 5. The van der Waals surface area contributed by atoms with Crippen LogP contribution in [-0.4, -0.2) is 15.0 Å². The Labute approximate surface area is 337 Å². The van der Waals surface area contributed by atoms with Gasteiger partial charge in [0, 0.05) is 64.0 Å². The summed E-state index contributed by atoms with van der Waals surface area (Å²) in [6.07, 6.45) is 0. The summed E-state index contributed by atoms with van der Waals surface area (Å²) in [5.74, 6) is 0.684. The second-order valence-corrected chi connectivity index (χ2v) is 15.8. The number of thiophene rings is 1. The van der Waals surface area contributed by atoms with E-state index in [4.69, 9.17) is 19.4 Å².